The molecule has 0 fully saturated rings. The van der Waals surface area contributed by atoms with Gasteiger partial charge in [0.15, 0.2) is 0 Å². The molecule has 0 aromatic heterocycles. The van der Waals surface area contributed by atoms with E-state index in [2.05, 4.69) is 52.2 Å². The van der Waals surface area contributed by atoms with Gasteiger partial charge in [0.2, 0.25) is 0 Å². The van der Waals surface area contributed by atoms with E-state index in [0.717, 1.165) is 24.7 Å². The van der Waals surface area contributed by atoms with Crippen molar-refractivity contribution < 1.29 is 0 Å². The van der Waals surface area contributed by atoms with E-state index in [1.54, 1.807) is 0 Å². The third kappa shape index (κ3) is 9.84. The molecular weight excluding hydrogens is 192 g/mol. The van der Waals surface area contributed by atoms with E-state index in [-0.39, 0.29) is 0 Å². The Balaban J connectivity index is 3.94. The fourth-order valence-corrected chi connectivity index (χ4v) is 1.91. The molecule has 0 saturated heterocycles. The average molecular weight is 220 g/mol. The van der Waals surface area contributed by atoms with E-state index < -0.39 is 0 Å². The molecule has 92 valence electrons. The predicted molar refractivity (Wildman–Crippen MR) is 73.5 cm³/mol. The van der Waals surface area contributed by atoms with Gasteiger partial charge in [-0.15, -0.1) is 0 Å². The Morgan fingerprint density at radius 2 is 1.88 bits per heavy atom. The average Bonchev–Trinajstić information content (AvgIpc) is 2.16. The third-order valence-corrected chi connectivity index (χ3v) is 2.69. The zero-order chi connectivity index (χ0) is 12.4. The van der Waals surface area contributed by atoms with Gasteiger partial charge in [-0.3, -0.25) is 0 Å². The number of allylic oxidation sites excluding steroid dienone is 2. The molecule has 0 aliphatic heterocycles. The maximum absolute atomic E-state index is 3.23. The van der Waals surface area contributed by atoms with Crippen molar-refractivity contribution in [1.82, 2.24) is 0 Å². The van der Waals surface area contributed by atoms with Crippen LogP contribution < -0.4 is 0 Å². The lowest BCUT2D eigenvalue weighted by atomic mass is 10.0. The van der Waals surface area contributed by atoms with Gasteiger partial charge in [0.1, 0.15) is 0 Å². The minimum absolute atomic E-state index is 0.721. The molecule has 0 heterocycles. The van der Waals surface area contributed by atoms with Gasteiger partial charge in [-0.25, -0.2) is 0 Å². The summed E-state index contributed by atoms with van der Waals surface area (Å²) in [7, 11) is 0. The third-order valence-electron chi connectivity index (χ3n) is 2.69. The van der Waals surface area contributed by atoms with Gasteiger partial charge < -0.3 is 0 Å². The highest BCUT2D eigenvalue weighted by atomic mass is 14.0. The standard InChI is InChI=1S/C16H28/c1-6-10-15(4)11-8-7-9-12-16(5)13-14(2)3/h7,14-15H,6,8,10-11,13H2,1-5H3. The molecule has 0 spiro atoms. The predicted octanol–water partition coefficient (Wildman–Crippen LogP) is 5.51. The van der Waals surface area contributed by atoms with E-state index in [0.29, 0.717) is 0 Å². The highest BCUT2D eigenvalue weighted by Crippen LogP contribution is 2.12. The van der Waals surface area contributed by atoms with Gasteiger partial charge in [0, 0.05) is 0 Å². The van der Waals surface area contributed by atoms with Gasteiger partial charge in [0.05, 0.1) is 0 Å². The van der Waals surface area contributed by atoms with Crippen LogP contribution in [0.25, 0.3) is 0 Å². The first kappa shape index (κ1) is 15.3. The van der Waals surface area contributed by atoms with E-state index in [9.17, 15) is 0 Å². The molecule has 0 rings (SSSR count). The summed E-state index contributed by atoms with van der Waals surface area (Å²) < 4.78 is 0. The van der Waals surface area contributed by atoms with Crippen LogP contribution in [0.15, 0.2) is 23.1 Å². The lowest BCUT2D eigenvalue weighted by Crippen LogP contribution is -1.91. The Morgan fingerprint density at radius 3 is 2.44 bits per heavy atom. The molecule has 1 atom stereocenters. The van der Waals surface area contributed by atoms with Gasteiger partial charge >= 0.3 is 0 Å². The monoisotopic (exact) mass is 220 g/mol. The SMILES string of the molecule is CCCC(C)CCC=C=C=C(C)CC(C)C. The minimum atomic E-state index is 0.721. The van der Waals surface area contributed by atoms with Gasteiger partial charge in [-0.2, -0.15) is 0 Å². The Morgan fingerprint density at radius 1 is 1.19 bits per heavy atom. The zero-order valence-electron chi connectivity index (χ0n) is 11.8. The van der Waals surface area contributed by atoms with Crippen LogP contribution >= 0.6 is 0 Å². The quantitative estimate of drug-likeness (QED) is 0.497. The zero-order valence-corrected chi connectivity index (χ0v) is 11.8. The van der Waals surface area contributed by atoms with Crippen molar-refractivity contribution in [2.75, 3.05) is 0 Å². The van der Waals surface area contributed by atoms with Crippen molar-refractivity contribution in [3.05, 3.63) is 23.1 Å². The summed E-state index contributed by atoms with van der Waals surface area (Å²) in [5.41, 5.74) is 7.72. The van der Waals surface area contributed by atoms with E-state index in [1.807, 2.05) is 0 Å². The second-order valence-electron chi connectivity index (χ2n) is 5.32. The summed E-state index contributed by atoms with van der Waals surface area (Å²) in [6, 6.07) is 0. The van der Waals surface area contributed by atoms with Gasteiger partial charge in [0.25, 0.3) is 0 Å². The number of hydrogen-bond acceptors (Lipinski definition) is 0. The van der Waals surface area contributed by atoms with Gasteiger partial charge in [-0.05, 0) is 49.7 Å². The summed E-state index contributed by atoms with van der Waals surface area (Å²) >= 11 is 0. The number of rotatable bonds is 7. The molecule has 0 aliphatic carbocycles. The molecule has 0 saturated carbocycles. The molecule has 0 N–H and O–H groups in total. The summed E-state index contributed by atoms with van der Waals surface area (Å²) in [6.45, 7) is 11.2. The first-order chi connectivity index (χ1) is 7.56. The fourth-order valence-electron chi connectivity index (χ4n) is 1.91. The van der Waals surface area contributed by atoms with Crippen LogP contribution in [-0.2, 0) is 0 Å². The largest absolute Gasteiger partial charge is 0.0747 e. The Hall–Kier alpha value is -0.700. The molecular formula is C16H28. The van der Waals surface area contributed by atoms with Crippen LogP contribution in [0.5, 0.6) is 0 Å². The van der Waals surface area contributed by atoms with Crippen LogP contribution in [0.1, 0.15) is 66.7 Å². The second kappa shape index (κ2) is 9.52. The van der Waals surface area contributed by atoms with Crippen LogP contribution in [0.2, 0.25) is 0 Å². The van der Waals surface area contributed by atoms with Crippen LogP contribution in [0, 0.1) is 11.8 Å². The molecule has 0 aromatic rings. The first-order valence-corrected chi connectivity index (χ1v) is 6.71. The number of hydrogen-bond donors (Lipinski definition) is 0. The summed E-state index contributed by atoms with van der Waals surface area (Å²) in [6.07, 6.45) is 8.34. The molecule has 0 nitrogen and oxygen atoms in total. The van der Waals surface area contributed by atoms with Crippen molar-refractivity contribution >= 4 is 0 Å². The molecule has 0 aromatic carbocycles. The van der Waals surface area contributed by atoms with Crippen LogP contribution in [-0.4, -0.2) is 0 Å². The maximum atomic E-state index is 3.23. The maximum Gasteiger partial charge on any atom is -0.0217 e. The van der Waals surface area contributed by atoms with Crippen LogP contribution in [0.4, 0.5) is 0 Å². The normalized spacial score (nSPS) is 11.9. The highest BCUT2D eigenvalue weighted by molar-refractivity contribution is 4.98. The Bertz CT molecular complexity index is 258. The van der Waals surface area contributed by atoms with Crippen LogP contribution in [0.3, 0.4) is 0 Å². The molecule has 1 unspecified atom stereocenters. The molecule has 0 bridgehead atoms. The molecule has 0 radical (unpaired) electrons. The lowest BCUT2D eigenvalue weighted by molar-refractivity contribution is 0.491. The summed E-state index contributed by atoms with van der Waals surface area (Å²) in [4.78, 5) is 0. The summed E-state index contributed by atoms with van der Waals surface area (Å²) in [5, 5.41) is 0. The lowest BCUT2D eigenvalue weighted by Gasteiger charge is -2.05. The second-order valence-corrected chi connectivity index (χ2v) is 5.32. The van der Waals surface area contributed by atoms with Crippen molar-refractivity contribution in [2.24, 2.45) is 11.8 Å². The topological polar surface area (TPSA) is 0 Å². The van der Waals surface area contributed by atoms with E-state index in [4.69, 9.17) is 0 Å². The van der Waals surface area contributed by atoms with Crippen molar-refractivity contribution in [2.45, 2.75) is 66.7 Å². The minimum Gasteiger partial charge on any atom is -0.0747 e. The Kier molecular flexibility index (Phi) is 9.10. The smallest absolute Gasteiger partial charge is 0.0217 e. The van der Waals surface area contributed by atoms with Crippen molar-refractivity contribution in [3.63, 3.8) is 0 Å². The van der Waals surface area contributed by atoms with Crippen molar-refractivity contribution in [1.29, 1.82) is 0 Å². The van der Waals surface area contributed by atoms with E-state index in [1.165, 1.54) is 24.8 Å². The molecule has 0 heteroatoms. The van der Waals surface area contributed by atoms with Crippen molar-refractivity contribution in [3.8, 4) is 0 Å². The highest BCUT2D eigenvalue weighted by Gasteiger charge is 1.97. The summed E-state index contributed by atoms with van der Waals surface area (Å²) in [5.74, 6) is 1.57. The van der Waals surface area contributed by atoms with Gasteiger partial charge in [-0.1, -0.05) is 52.0 Å². The first-order valence-electron chi connectivity index (χ1n) is 6.71. The fraction of sp³-hybridized carbons (Fsp3) is 0.750. The Labute approximate surface area is 102 Å². The van der Waals surface area contributed by atoms with E-state index >= 15 is 0 Å². The molecule has 0 amide bonds. The molecule has 0 aliphatic rings. The molecule has 16 heavy (non-hydrogen) atoms.